The van der Waals surface area contributed by atoms with E-state index in [0.29, 0.717) is 13.0 Å². The van der Waals surface area contributed by atoms with E-state index in [1.165, 1.54) is 0 Å². The predicted octanol–water partition coefficient (Wildman–Crippen LogP) is -1.06. The molecule has 0 aliphatic heterocycles. The van der Waals surface area contributed by atoms with Crippen LogP contribution in [0.3, 0.4) is 0 Å². The summed E-state index contributed by atoms with van der Waals surface area (Å²) in [5.41, 5.74) is 0.820. The van der Waals surface area contributed by atoms with Crippen LogP contribution in [0.25, 0.3) is 0 Å². The number of aliphatic hydroxyl groups excluding tert-OH is 1. The van der Waals surface area contributed by atoms with Crippen molar-refractivity contribution in [1.82, 2.24) is 20.3 Å². The summed E-state index contributed by atoms with van der Waals surface area (Å²) < 4.78 is 1.63. The van der Waals surface area contributed by atoms with Gasteiger partial charge in [0.15, 0.2) is 0 Å². The molecule has 0 spiro atoms. The topological polar surface area (TPSA) is 63.0 Å². The Kier molecular flexibility index (Phi) is 3.19. The van der Waals surface area contributed by atoms with Crippen LogP contribution in [-0.2, 0) is 13.5 Å². The van der Waals surface area contributed by atoms with E-state index in [1.54, 1.807) is 25.0 Å². The molecule has 0 amide bonds. The molecular formula is C7H14N4O. The molecule has 0 fully saturated rings. The number of likely N-dealkylation sites (N-methyl/N-ethyl adjacent to an activating group) is 1. The molecule has 0 saturated heterocycles. The summed E-state index contributed by atoms with van der Waals surface area (Å²) in [4.78, 5) is 0. The summed E-state index contributed by atoms with van der Waals surface area (Å²) in [7, 11) is 3.61. The quantitative estimate of drug-likeness (QED) is 0.604. The van der Waals surface area contributed by atoms with Crippen LogP contribution in [0.15, 0.2) is 6.20 Å². The maximum Gasteiger partial charge on any atom is 0.0853 e. The third kappa shape index (κ3) is 2.60. The minimum atomic E-state index is -0.383. The van der Waals surface area contributed by atoms with Crippen molar-refractivity contribution in [2.24, 2.45) is 7.05 Å². The summed E-state index contributed by atoms with van der Waals surface area (Å²) >= 11 is 0. The molecule has 5 heteroatoms. The lowest BCUT2D eigenvalue weighted by atomic mass is 10.2. The van der Waals surface area contributed by atoms with Gasteiger partial charge in [0.25, 0.3) is 0 Å². The first kappa shape index (κ1) is 9.15. The van der Waals surface area contributed by atoms with Gasteiger partial charge in [-0.3, -0.25) is 4.68 Å². The highest BCUT2D eigenvalue weighted by Crippen LogP contribution is 1.96. The van der Waals surface area contributed by atoms with Gasteiger partial charge in [-0.15, -0.1) is 5.10 Å². The van der Waals surface area contributed by atoms with Gasteiger partial charge in [-0.25, -0.2) is 0 Å². The van der Waals surface area contributed by atoms with Gasteiger partial charge >= 0.3 is 0 Å². The molecule has 5 nitrogen and oxygen atoms in total. The Morgan fingerprint density at radius 3 is 3.00 bits per heavy atom. The van der Waals surface area contributed by atoms with Crippen LogP contribution < -0.4 is 5.32 Å². The second-order valence-electron chi connectivity index (χ2n) is 2.80. The SMILES string of the molecule is CNCC(O)Cc1cn(C)nn1. The number of aliphatic hydroxyl groups is 1. The molecule has 0 aliphatic carbocycles. The summed E-state index contributed by atoms with van der Waals surface area (Å²) in [6.45, 7) is 0.580. The zero-order valence-electron chi connectivity index (χ0n) is 7.36. The van der Waals surface area contributed by atoms with Crippen molar-refractivity contribution in [3.05, 3.63) is 11.9 Å². The molecule has 1 rings (SSSR count). The van der Waals surface area contributed by atoms with Crippen LogP contribution >= 0.6 is 0 Å². The first-order valence-electron chi connectivity index (χ1n) is 3.90. The number of rotatable bonds is 4. The van der Waals surface area contributed by atoms with Crippen molar-refractivity contribution >= 4 is 0 Å². The molecule has 0 bridgehead atoms. The predicted molar refractivity (Wildman–Crippen MR) is 44.6 cm³/mol. The minimum Gasteiger partial charge on any atom is -0.391 e. The molecule has 1 atom stereocenters. The maximum atomic E-state index is 9.37. The normalized spacial score (nSPS) is 13.2. The van der Waals surface area contributed by atoms with E-state index < -0.39 is 0 Å². The fourth-order valence-electron chi connectivity index (χ4n) is 1.04. The monoisotopic (exact) mass is 170 g/mol. The highest BCUT2D eigenvalue weighted by molar-refractivity contribution is 4.94. The fraction of sp³-hybridized carbons (Fsp3) is 0.714. The molecule has 0 saturated carbocycles. The van der Waals surface area contributed by atoms with Crippen molar-refractivity contribution in [1.29, 1.82) is 0 Å². The van der Waals surface area contributed by atoms with Crippen molar-refractivity contribution in [3.8, 4) is 0 Å². The Bertz CT molecular complexity index is 235. The lowest BCUT2D eigenvalue weighted by Crippen LogP contribution is -2.25. The van der Waals surface area contributed by atoms with E-state index in [9.17, 15) is 5.11 Å². The van der Waals surface area contributed by atoms with E-state index in [4.69, 9.17) is 0 Å². The van der Waals surface area contributed by atoms with Gasteiger partial charge in [-0.2, -0.15) is 0 Å². The van der Waals surface area contributed by atoms with Gasteiger partial charge in [0, 0.05) is 26.2 Å². The first-order valence-corrected chi connectivity index (χ1v) is 3.90. The Morgan fingerprint density at radius 2 is 2.50 bits per heavy atom. The van der Waals surface area contributed by atoms with Crippen molar-refractivity contribution in [2.45, 2.75) is 12.5 Å². The molecule has 2 N–H and O–H groups in total. The third-order valence-electron chi connectivity index (χ3n) is 1.53. The zero-order valence-corrected chi connectivity index (χ0v) is 7.36. The van der Waals surface area contributed by atoms with Crippen LogP contribution in [0.1, 0.15) is 5.69 Å². The molecule has 0 aliphatic rings. The van der Waals surface area contributed by atoms with Crippen molar-refractivity contribution < 1.29 is 5.11 Å². The van der Waals surface area contributed by atoms with Gasteiger partial charge in [-0.1, -0.05) is 5.21 Å². The Labute approximate surface area is 71.4 Å². The number of nitrogens with zero attached hydrogens (tertiary/aromatic N) is 3. The molecule has 1 aromatic heterocycles. The van der Waals surface area contributed by atoms with Gasteiger partial charge in [0.2, 0.25) is 0 Å². The lowest BCUT2D eigenvalue weighted by molar-refractivity contribution is 0.173. The Balaban J connectivity index is 2.41. The highest BCUT2D eigenvalue weighted by Gasteiger charge is 2.06. The zero-order chi connectivity index (χ0) is 8.97. The van der Waals surface area contributed by atoms with Crippen LogP contribution in [-0.4, -0.2) is 39.8 Å². The lowest BCUT2D eigenvalue weighted by Gasteiger charge is -2.05. The molecule has 1 unspecified atom stereocenters. The molecular weight excluding hydrogens is 156 g/mol. The molecule has 1 heterocycles. The van der Waals surface area contributed by atoms with Crippen LogP contribution in [0.4, 0.5) is 0 Å². The number of aryl methyl sites for hydroxylation is 1. The van der Waals surface area contributed by atoms with E-state index in [1.807, 2.05) is 0 Å². The van der Waals surface area contributed by atoms with Crippen molar-refractivity contribution in [2.75, 3.05) is 13.6 Å². The molecule has 0 radical (unpaired) electrons. The smallest absolute Gasteiger partial charge is 0.0853 e. The summed E-state index contributed by atoms with van der Waals surface area (Å²) in [5.74, 6) is 0. The van der Waals surface area contributed by atoms with E-state index >= 15 is 0 Å². The van der Waals surface area contributed by atoms with E-state index in [-0.39, 0.29) is 6.10 Å². The van der Waals surface area contributed by atoms with Gasteiger partial charge in [0.1, 0.15) is 0 Å². The Hall–Kier alpha value is -0.940. The minimum absolute atomic E-state index is 0.383. The average molecular weight is 170 g/mol. The second-order valence-corrected chi connectivity index (χ2v) is 2.80. The van der Waals surface area contributed by atoms with Crippen LogP contribution in [0.5, 0.6) is 0 Å². The van der Waals surface area contributed by atoms with Crippen LogP contribution in [0, 0.1) is 0 Å². The van der Waals surface area contributed by atoms with Gasteiger partial charge < -0.3 is 10.4 Å². The third-order valence-corrected chi connectivity index (χ3v) is 1.53. The number of aromatic nitrogens is 3. The van der Waals surface area contributed by atoms with Crippen molar-refractivity contribution in [3.63, 3.8) is 0 Å². The summed E-state index contributed by atoms with van der Waals surface area (Å²) in [6.07, 6.45) is 1.97. The second kappa shape index (κ2) is 4.18. The molecule has 1 aromatic rings. The van der Waals surface area contributed by atoms with E-state index in [2.05, 4.69) is 15.6 Å². The largest absolute Gasteiger partial charge is 0.391 e. The van der Waals surface area contributed by atoms with E-state index in [0.717, 1.165) is 5.69 Å². The van der Waals surface area contributed by atoms with Gasteiger partial charge in [0.05, 0.1) is 11.8 Å². The molecule has 12 heavy (non-hydrogen) atoms. The summed E-state index contributed by atoms with van der Waals surface area (Å²) in [5, 5.41) is 19.9. The average Bonchev–Trinajstić information content (AvgIpc) is 2.36. The number of hydrogen-bond acceptors (Lipinski definition) is 4. The first-order chi connectivity index (χ1) is 5.72. The number of nitrogens with one attached hydrogen (secondary N) is 1. The van der Waals surface area contributed by atoms with Crippen LogP contribution in [0.2, 0.25) is 0 Å². The Morgan fingerprint density at radius 1 is 1.75 bits per heavy atom. The fourth-order valence-corrected chi connectivity index (χ4v) is 1.04. The maximum absolute atomic E-state index is 9.37. The van der Waals surface area contributed by atoms with Gasteiger partial charge in [-0.05, 0) is 7.05 Å². The summed E-state index contributed by atoms with van der Waals surface area (Å²) in [6, 6.07) is 0. The number of hydrogen-bond donors (Lipinski definition) is 2. The standard InChI is InChI=1S/C7H14N4O/c1-8-4-7(12)3-6-5-11(2)10-9-6/h5,7-8,12H,3-4H2,1-2H3. The molecule has 0 aromatic carbocycles. The highest BCUT2D eigenvalue weighted by atomic mass is 16.3. The molecule has 68 valence electrons.